The van der Waals surface area contributed by atoms with E-state index >= 15 is 0 Å². The summed E-state index contributed by atoms with van der Waals surface area (Å²) < 4.78 is 25.9. The minimum atomic E-state index is -3.89. The van der Waals surface area contributed by atoms with Crippen molar-refractivity contribution in [3.05, 3.63) is 66.0 Å². The van der Waals surface area contributed by atoms with Gasteiger partial charge in [-0.3, -0.25) is 24.8 Å². The van der Waals surface area contributed by atoms with Crippen LogP contribution in [0.5, 0.6) is 0 Å². The van der Waals surface area contributed by atoms with E-state index in [0.717, 1.165) is 17.4 Å². The van der Waals surface area contributed by atoms with Crippen LogP contribution < -0.4 is 16.7 Å². The molecule has 0 spiro atoms. The van der Waals surface area contributed by atoms with Crippen molar-refractivity contribution in [1.82, 2.24) is 15.9 Å². The van der Waals surface area contributed by atoms with E-state index in [1.165, 1.54) is 0 Å². The van der Waals surface area contributed by atoms with Gasteiger partial charge in [0.25, 0.3) is 0 Å². The normalized spacial score (nSPS) is 15.1. The molecule has 210 valence electrons. The Balaban J connectivity index is 2.60. The van der Waals surface area contributed by atoms with Crippen molar-refractivity contribution in [3.63, 3.8) is 0 Å². The smallest absolute Gasteiger partial charge is 0.249 e. The molecule has 4 N–H and O–H groups in total. The van der Waals surface area contributed by atoms with Crippen molar-refractivity contribution in [2.24, 2.45) is 29.5 Å². The fourth-order valence-corrected chi connectivity index (χ4v) is 7.01. The molecule has 1 aromatic carbocycles. The zero-order valence-electron chi connectivity index (χ0n) is 23.0. The van der Waals surface area contributed by atoms with Gasteiger partial charge in [0, 0.05) is 18.6 Å². The molecule has 1 unspecified atom stereocenters. The lowest BCUT2D eigenvalue weighted by Gasteiger charge is -2.43. The number of aromatic nitrogens is 1. The summed E-state index contributed by atoms with van der Waals surface area (Å²) in [4.78, 5) is 36.8. The molecule has 0 saturated heterocycles. The van der Waals surface area contributed by atoms with E-state index in [2.05, 4.69) is 15.9 Å². The molecule has 0 saturated carbocycles. The number of benzene rings is 1. The Morgan fingerprint density at radius 2 is 1.66 bits per heavy atom. The van der Waals surface area contributed by atoms with E-state index in [-0.39, 0.29) is 37.7 Å². The lowest BCUT2D eigenvalue weighted by atomic mass is 9.71. The fourth-order valence-electron chi connectivity index (χ4n) is 5.17. The van der Waals surface area contributed by atoms with Gasteiger partial charge in [-0.15, -0.1) is 0 Å². The molecule has 1 aromatic heterocycles. The molecule has 1 heterocycles. The number of aryl methyl sites for hydroxylation is 1. The first-order valence-corrected chi connectivity index (χ1v) is 14.8. The van der Waals surface area contributed by atoms with Gasteiger partial charge in [0.05, 0.1) is 23.2 Å². The highest BCUT2D eigenvalue weighted by Gasteiger charge is 2.55. The molecule has 0 aliphatic heterocycles. The first kappa shape index (κ1) is 31.4. The van der Waals surface area contributed by atoms with Crippen molar-refractivity contribution >= 4 is 21.7 Å². The Hall–Kier alpha value is -2.82. The van der Waals surface area contributed by atoms with E-state index in [0.29, 0.717) is 6.42 Å². The second-order valence-electron chi connectivity index (χ2n) is 10.8. The molecule has 0 radical (unpaired) electrons. The maximum atomic E-state index is 13.9. The summed E-state index contributed by atoms with van der Waals surface area (Å²) in [6.45, 7) is 7.73. The van der Waals surface area contributed by atoms with Crippen LogP contribution in [-0.4, -0.2) is 36.2 Å². The number of carbonyl (C=O) groups excluding carboxylic acids is 2. The fraction of sp³-hybridized carbons (Fsp3) is 0.536. The van der Waals surface area contributed by atoms with E-state index in [4.69, 9.17) is 10.7 Å². The molecule has 3 atom stereocenters. The molecule has 9 nitrogen and oxygen atoms in total. The summed E-state index contributed by atoms with van der Waals surface area (Å²) in [6, 6.07) is 12.9. The van der Waals surface area contributed by atoms with Crippen molar-refractivity contribution in [3.8, 4) is 0 Å². The summed E-state index contributed by atoms with van der Waals surface area (Å²) in [7, 11) is -3.89. The first-order valence-electron chi connectivity index (χ1n) is 13.0. The van der Waals surface area contributed by atoms with Crippen LogP contribution in [0.25, 0.3) is 0 Å². The summed E-state index contributed by atoms with van der Waals surface area (Å²) in [6.07, 6.45) is 5.40. The zero-order chi connectivity index (χ0) is 28.3. The quantitative estimate of drug-likeness (QED) is 0.177. The molecular formula is C28H42N4O5S. The van der Waals surface area contributed by atoms with Gasteiger partial charge in [-0.2, -0.15) is 0 Å². The zero-order valence-corrected chi connectivity index (χ0v) is 23.8. The van der Waals surface area contributed by atoms with E-state index in [1.54, 1.807) is 18.5 Å². The third-order valence-corrected chi connectivity index (χ3v) is 8.86. The maximum absolute atomic E-state index is 13.9. The van der Waals surface area contributed by atoms with Gasteiger partial charge < -0.3 is 0 Å². The first-order chi connectivity index (χ1) is 17.9. The van der Waals surface area contributed by atoms with Crippen LogP contribution in [0.3, 0.4) is 0 Å². The largest absolute Gasteiger partial charge is 0.294 e. The van der Waals surface area contributed by atoms with Gasteiger partial charge >= 0.3 is 0 Å². The number of nitrogens with two attached hydrogens (primary N) is 1. The van der Waals surface area contributed by atoms with Crippen molar-refractivity contribution in [1.29, 1.82) is 0 Å². The van der Waals surface area contributed by atoms with E-state index in [9.17, 15) is 18.0 Å². The third kappa shape index (κ3) is 8.61. The monoisotopic (exact) mass is 546 g/mol. The minimum Gasteiger partial charge on any atom is -0.294 e. The Bertz CT molecular complexity index is 1130. The molecule has 2 aromatic rings. The summed E-state index contributed by atoms with van der Waals surface area (Å²) >= 11 is 0. The highest BCUT2D eigenvalue weighted by molar-refractivity contribution is 7.92. The molecule has 0 bridgehead atoms. The number of hydrogen-bond acceptors (Lipinski definition) is 7. The number of nitrogens with zero attached hydrogens (tertiary/aromatic N) is 1. The van der Waals surface area contributed by atoms with Crippen molar-refractivity contribution < 1.29 is 22.8 Å². The SMILES string of the molecule is CC(C)C[C@@H](C(=O)NN)[C@@H](C(=O)NOCc1ccccc1)C(CCc1cccnc1)(CC(C)C)S(C)(=O)=O. The van der Waals surface area contributed by atoms with E-state index < -0.39 is 38.2 Å². The Labute approximate surface area is 226 Å². The summed E-state index contributed by atoms with van der Waals surface area (Å²) in [5.74, 6) is 1.98. The molecule has 2 amide bonds. The number of carbonyl (C=O) groups is 2. The predicted octanol–water partition coefficient (Wildman–Crippen LogP) is 3.36. The third-order valence-electron chi connectivity index (χ3n) is 6.76. The number of pyridine rings is 1. The van der Waals surface area contributed by atoms with Gasteiger partial charge in [0.2, 0.25) is 11.8 Å². The number of nitrogens with one attached hydrogen (secondary N) is 2. The standard InChI is InChI=1S/C28H42N4O5S/c1-20(2)16-24(26(33)31-29)25(27(34)32-37-19-23-10-7-6-8-11-23)28(17-21(3)4,38(5,35)36)14-13-22-12-9-15-30-18-22/h6-12,15,18,20-21,24-25H,13-14,16-17,19,29H2,1-5H3,(H,31,33)(H,32,34)/t24-,25+,28?/m1/s1. The molecule has 2 rings (SSSR count). The molecule has 10 heteroatoms. The van der Waals surface area contributed by atoms with Gasteiger partial charge in [0.1, 0.15) is 0 Å². The van der Waals surface area contributed by atoms with Crippen LogP contribution in [0.1, 0.15) is 58.1 Å². The number of amides is 2. The van der Waals surface area contributed by atoms with Gasteiger partial charge in [-0.1, -0.05) is 64.1 Å². The highest BCUT2D eigenvalue weighted by Crippen LogP contribution is 2.43. The molecule has 0 aliphatic rings. The Kier molecular flexibility index (Phi) is 11.9. The predicted molar refractivity (Wildman–Crippen MR) is 148 cm³/mol. The lowest BCUT2D eigenvalue weighted by molar-refractivity contribution is -0.147. The van der Waals surface area contributed by atoms with Crippen LogP contribution in [0.15, 0.2) is 54.9 Å². The Morgan fingerprint density at radius 1 is 1.00 bits per heavy atom. The van der Waals surface area contributed by atoms with Gasteiger partial charge in [-0.25, -0.2) is 19.7 Å². The second kappa shape index (κ2) is 14.4. The summed E-state index contributed by atoms with van der Waals surface area (Å²) in [5, 5.41) is 0. The van der Waals surface area contributed by atoms with Gasteiger partial charge in [0.15, 0.2) is 9.84 Å². The second-order valence-corrected chi connectivity index (χ2v) is 13.1. The number of rotatable bonds is 15. The number of hydrazine groups is 1. The number of hydrogen-bond donors (Lipinski definition) is 3. The molecule has 0 fully saturated rings. The van der Waals surface area contributed by atoms with Crippen LogP contribution in [-0.2, 0) is 37.3 Å². The van der Waals surface area contributed by atoms with Crippen molar-refractivity contribution in [2.45, 2.75) is 64.7 Å². The molecule has 38 heavy (non-hydrogen) atoms. The van der Waals surface area contributed by atoms with Crippen LogP contribution in [0, 0.1) is 23.7 Å². The number of sulfone groups is 1. The highest BCUT2D eigenvalue weighted by atomic mass is 32.2. The van der Waals surface area contributed by atoms with E-state index in [1.807, 2.05) is 64.1 Å². The lowest BCUT2D eigenvalue weighted by Crippen LogP contribution is -2.58. The minimum absolute atomic E-state index is 0.00697. The van der Waals surface area contributed by atoms with Crippen LogP contribution >= 0.6 is 0 Å². The topological polar surface area (TPSA) is 140 Å². The van der Waals surface area contributed by atoms with Crippen LogP contribution in [0.4, 0.5) is 0 Å². The molecule has 0 aliphatic carbocycles. The maximum Gasteiger partial charge on any atom is 0.249 e. The van der Waals surface area contributed by atoms with Crippen LogP contribution in [0.2, 0.25) is 0 Å². The summed E-state index contributed by atoms with van der Waals surface area (Å²) in [5.41, 5.74) is 6.32. The Morgan fingerprint density at radius 3 is 2.18 bits per heavy atom. The average molecular weight is 547 g/mol. The van der Waals surface area contributed by atoms with Crippen molar-refractivity contribution in [2.75, 3.05) is 6.26 Å². The number of hydroxylamine groups is 1. The van der Waals surface area contributed by atoms with Gasteiger partial charge in [-0.05, 0) is 54.7 Å². The molecular weight excluding hydrogens is 504 g/mol. The average Bonchev–Trinajstić information content (AvgIpc) is 2.86.